The van der Waals surface area contributed by atoms with Gasteiger partial charge >= 0.3 is 12.2 Å². The van der Waals surface area contributed by atoms with Gasteiger partial charge in [-0.3, -0.25) is 10.1 Å². The largest absolute Gasteiger partial charge is 0.497 e. The van der Waals surface area contributed by atoms with E-state index in [2.05, 4.69) is 36.7 Å². The molecule has 1 fully saturated rings. The number of hydrogen-bond acceptors (Lipinski definition) is 6. The van der Waals surface area contributed by atoms with Crippen molar-refractivity contribution in [1.82, 2.24) is 15.1 Å². The summed E-state index contributed by atoms with van der Waals surface area (Å²) in [5.41, 5.74) is 4.15. The highest BCUT2D eigenvalue weighted by molar-refractivity contribution is 6.01. The first-order valence-corrected chi connectivity index (χ1v) is 16.2. The van der Waals surface area contributed by atoms with Gasteiger partial charge in [0.1, 0.15) is 17.3 Å². The molecule has 4 aromatic rings. The highest BCUT2D eigenvalue weighted by atomic mass is 19.4. The lowest BCUT2D eigenvalue weighted by atomic mass is 9.78. The van der Waals surface area contributed by atoms with Gasteiger partial charge in [0.2, 0.25) is 0 Å². The third-order valence-corrected chi connectivity index (χ3v) is 8.51. The van der Waals surface area contributed by atoms with E-state index in [1.807, 2.05) is 49.4 Å². The highest BCUT2D eigenvalue weighted by Crippen LogP contribution is 2.33. The quantitative estimate of drug-likeness (QED) is 0.149. The number of amides is 2. The van der Waals surface area contributed by atoms with Crippen LogP contribution in [0.15, 0.2) is 72.8 Å². The van der Waals surface area contributed by atoms with Crippen molar-refractivity contribution in [2.24, 2.45) is 11.8 Å². The maximum absolute atomic E-state index is 13.8. The van der Waals surface area contributed by atoms with Crippen molar-refractivity contribution in [1.29, 1.82) is 0 Å². The molecule has 3 N–H and O–H groups in total. The van der Waals surface area contributed by atoms with E-state index in [9.17, 15) is 22.8 Å². The van der Waals surface area contributed by atoms with Crippen LogP contribution in [0.25, 0.3) is 5.69 Å². The van der Waals surface area contributed by atoms with E-state index in [0.717, 1.165) is 22.5 Å². The summed E-state index contributed by atoms with van der Waals surface area (Å²) in [5.74, 6) is -0.108. The van der Waals surface area contributed by atoms with Gasteiger partial charge in [0, 0.05) is 29.6 Å². The van der Waals surface area contributed by atoms with Crippen molar-refractivity contribution in [3.8, 4) is 17.2 Å². The lowest BCUT2D eigenvalue weighted by molar-refractivity contribution is -0.153. The zero-order chi connectivity index (χ0) is 35.3. The zero-order valence-electron chi connectivity index (χ0n) is 28.3. The molecule has 2 unspecified atom stereocenters. The van der Waals surface area contributed by atoms with Crippen LogP contribution in [0.3, 0.4) is 0 Å². The van der Waals surface area contributed by atoms with E-state index in [0.29, 0.717) is 43.2 Å². The molecule has 9 nitrogen and oxygen atoms in total. The average molecular weight is 678 g/mol. The van der Waals surface area contributed by atoms with Crippen molar-refractivity contribution in [3.63, 3.8) is 0 Å². The van der Waals surface area contributed by atoms with Crippen LogP contribution in [-0.4, -0.2) is 54.6 Å². The van der Waals surface area contributed by atoms with E-state index in [4.69, 9.17) is 14.6 Å². The minimum Gasteiger partial charge on any atom is -0.497 e. The first-order chi connectivity index (χ1) is 23.2. The van der Waals surface area contributed by atoms with Crippen LogP contribution in [-0.2, 0) is 11.8 Å². The molecule has 0 radical (unpaired) electrons. The summed E-state index contributed by atoms with van der Waals surface area (Å²) in [7, 11) is 1.43. The summed E-state index contributed by atoms with van der Waals surface area (Å²) >= 11 is 0. The Hall–Kier alpha value is -4.84. The fraction of sp³-hybridized carbons (Fsp3) is 0.378. The van der Waals surface area contributed by atoms with Gasteiger partial charge in [0.25, 0.3) is 0 Å². The molecule has 0 spiro atoms. The SMILES string of the molecule is COc1ccc(OCC(F)(F)F)c(C(=O)C2CNCCC2Cc2ccc(NC(=O)Nc3cc(C(C)(C)C)nn3-c3ccc(C)cc3)cc2)c1. The van der Waals surface area contributed by atoms with Crippen molar-refractivity contribution in [2.45, 2.75) is 52.1 Å². The zero-order valence-corrected chi connectivity index (χ0v) is 28.3. The molecule has 5 rings (SSSR count). The number of ether oxygens (including phenoxy) is 2. The average Bonchev–Trinajstić information content (AvgIpc) is 3.49. The summed E-state index contributed by atoms with van der Waals surface area (Å²) < 4.78 is 50.8. The molecule has 0 bridgehead atoms. The lowest BCUT2D eigenvalue weighted by Crippen LogP contribution is -2.42. The van der Waals surface area contributed by atoms with Gasteiger partial charge in [-0.25, -0.2) is 9.48 Å². The smallest absolute Gasteiger partial charge is 0.422 e. The number of alkyl halides is 3. The number of halogens is 3. The summed E-state index contributed by atoms with van der Waals surface area (Å²) in [4.78, 5) is 26.9. The van der Waals surface area contributed by atoms with E-state index in [-0.39, 0.29) is 28.4 Å². The second kappa shape index (κ2) is 14.7. The second-order valence-corrected chi connectivity index (χ2v) is 13.4. The van der Waals surface area contributed by atoms with Gasteiger partial charge in [0.05, 0.1) is 24.1 Å². The van der Waals surface area contributed by atoms with Gasteiger partial charge in [-0.1, -0.05) is 50.6 Å². The van der Waals surface area contributed by atoms with Crippen LogP contribution in [0.2, 0.25) is 0 Å². The molecule has 260 valence electrons. The molecular weight excluding hydrogens is 635 g/mol. The van der Waals surface area contributed by atoms with Crippen LogP contribution in [0.5, 0.6) is 11.5 Å². The maximum atomic E-state index is 13.8. The highest BCUT2D eigenvalue weighted by Gasteiger charge is 2.34. The van der Waals surface area contributed by atoms with E-state index < -0.39 is 24.7 Å². The molecule has 1 aliphatic heterocycles. The minimum atomic E-state index is -4.55. The number of carbonyl (C=O) groups excluding carboxylic acids is 2. The van der Waals surface area contributed by atoms with Gasteiger partial charge in [-0.05, 0) is 80.3 Å². The van der Waals surface area contributed by atoms with Gasteiger partial charge < -0.3 is 20.1 Å². The fourth-order valence-electron chi connectivity index (χ4n) is 5.80. The van der Waals surface area contributed by atoms with Gasteiger partial charge in [0.15, 0.2) is 12.4 Å². The molecule has 12 heteroatoms. The van der Waals surface area contributed by atoms with Gasteiger partial charge in [-0.2, -0.15) is 18.3 Å². The number of anilines is 2. The Balaban J connectivity index is 1.27. The van der Waals surface area contributed by atoms with Crippen LogP contribution >= 0.6 is 0 Å². The molecule has 2 heterocycles. The Kier molecular flexibility index (Phi) is 10.7. The standard InChI is InChI=1S/C37H42F3N5O4/c1-23-6-12-27(13-7-23)45-33(20-32(44-45)36(2,3)4)43-35(47)42-26-10-8-24(9-11-26)18-25-16-17-41-21-30(25)34(46)29-19-28(48-5)14-15-31(29)49-22-37(38,39)40/h6-15,19-20,25,30,41H,16-18,21-22H2,1-5H3,(H2,42,43,47). The Morgan fingerprint density at radius 3 is 2.35 bits per heavy atom. The number of rotatable bonds is 10. The molecule has 2 atom stereocenters. The monoisotopic (exact) mass is 677 g/mol. The van der Waals surface area contributed by atoms with Crippen LogP contribution < -0.4 is 25.4 Å². The van der Waals surface area contributed by atoms with E-state index in [1.54, 1.807) is 16.8 Å². The number of aromatic nitrogens is 2. The normalized spacial score (nSPS) is 16.6. The van der Waals surface area contributed by atoms with E-state index in [1.165, 1.54) is 25.3 Å². The number of ketones is 1. The number of urea groups is 1. The van der Waals surface area contributed by atoms with E-state index >= 15 is 0 Å². The van der Waals surface area contributed by atoms with Crippen molar-refractivity contribution >= 4 is 23.3 Å². The predicted molar refractivity (Wildman–Crippen MR) is 183 cm³/mol. The topological polar surface area (TPSA) is 107 Å². The van der Waals surface area contributed by atoms with Crippen molar-refractivity contribution in [2.75, 3.05) is 37.4 Å². The number of piperidine rings is 1. The molecular formula is C37H42F3N5O4. The van der Waals surface area contributed by atoms with Crippen molar-refractivity contribution < 1.29 is 32.2 Å². The molecule has 49 heavy (non-hydrogen) atoms. The summed E-state index contributed by atoms with van der Waals surface area (Å²) in [5, 5.41) is 13.8. The number of aryl methyl sites for hydroxylation is 1. The molecule has 1 aliphatic rings. The predicted octanol–water partition coefficient (Wildman–Crippen LogP) is 7.72. The Bertz CT molecular complexity index is 1760. The van der Waals surface area contributed by atoms with Gasteiger partial charge in [-0.15, -0.1) is 0 Å². The molecule has 1 aromatic heterocycles. The number of nitrogens with one attached hydrogen (secondary N) is 3. The number of carbonyl (C=O) groups is 2. The Morgan fingerprint density at radius 1 is 0.980 bits per heavy atom. The summed E-state index contributed by atoms with van der Waals surface area (Å²) in [6, 6.07) is 21.0. The van der Waals surface area contributed by atoms with Crippen molar-refractivity contribution in [3.05, 3.63) is 95.2 Å². The van der Waals surface area contributed by atoms with Crippen LogP contribution in [0, 0.1) is 18.8 Å². The fourth-order valence-corrected chi connectivity index (χ4v) is 5.80. The third kappa shape index (κ3) is 9.20. The molecule has 3 aromatic carbocycles. The molecule has 1 saturated heterocycles. The molecule has 2 amide bonds. The Morgan fingerprint density at radius 2 is 1.69 bits per heavy atom. The number of methoxy groups -OCH3 is 1. The first-order valence-electron chi connectivity index (χ1n) is 16.2. The second-order valence-electron chi connectivity index (χ2n) is 13.4. The van der Waals surface area contributed by atoms with Crippen LogP contribution in [0.4, 0.5) is 29.5 Å². The number of benzene rings is 3. The third-order valence-electron chi connectivity index (χ3n) is 8.51. The first kappa shape index (κ1) is 35.5. The maximum Gasteiger partial charge on any atom is 0.422 e. The summed E-state index contributed by atoms with van der Waals surface area (Å²) in [6.07, 6.45) is -3.28. The molecule has 0 saturated carbocycles. The van der Waals surface area contributed by atoms with Crippen LogP contribution in [0.1, 0.15) is 54.4 Å². The summed E-state index contributed by atoms with van der Waals surface area (Å²) in [6.45, 7) is 7.78. The number of hydrogen-bond donors (Lipinski definition) is 3. The number of nitrogens with zero attached hydrogens (tertiary/aromatic N) is 2. The molecule has 0 aliphatic carbocycles. The Labute approximate surface area is 284 Å². The number of Topliss-reactive ketones (excluding diaryl/α,β-unsaturated/α-hetero) is 1. The minimum absolute atomic E-state index is 0.0613. The lowest BCUT2D eigenvalue weighted by Gasteiger charge is -2.32.